The number of imidazole rings is 1. The van der Waals surface area contributed by atoms with E-state index in [2.05, 4.69) is 9.97 Å². The lowest BCUT2D eigenvalue weighted by atomic mass is 9.97. The van der Waals surface area contributed by atoms with Gasteiger partial charge in [-0.2, -0.15) is 0 Å². The number of carbonyl (C=O) groups excluding carboxylic acids is 1. The van der Waals surface area contributed by atoms with Gasteiger partial charge in [-0.1, -0.05) is 18.2 Å². The van der Waals surface area contributed by atoms with E-state index in [1.807, 2.05) is 32.0 Å². The number of aromatic nitrogens is 2. The fourth-order valence-corrected chi connectivity index (χ4v) is 1.79. The highest BCUT2D eigenvalue weighted by molar-refractivity contribution is 5.95. The average Bonchev–Trinajstić information content (AvgIpc) is 2.76. The molecule has 0 amide bonds. The molecule has 0 atom stereocenters. The summed E-state index contributed by atoms with van der Waals surface area (Å²) < 4.78 is 0. The Bertz CT molecular complexity index is 480. The van der Waals surface area contributed by atoms with E-state index in [0.29, 0.717) is 12.1 Å². The summed E-state index contributed by atoms with van der Waals surface area (Å²) in [4.78, 5) is 18.7. The van der Waals surface area contributed by atoms with Gasteiger partial charge in [-0.05, 0) is 30.5 Å². The molecule has 1 aromatic carbocycles. The summed E-state index contributed by atoms with van der Waals surface area (Å²) in [6, 6.07) is 6.06. The first-order chi connectivity index (χ1) is 7.68. The summed E-state index contributed by atoms with van der Waals surface area (Å²) in [5, 5.41) is 0. The molecular weight excluding hydrogens is 200 g/mol. The number of rotatable bonds is 3. The molecule has 0 unspecified atom stereocenters. The van der Waals surface area contributed by atoms with Gasteiger partial charge >= 0.3 is 0 Å². The molecule has 2 aromatic rings. The van der Waals surface area contributed by atoms with Crippen molar-refractivity contribution < 1.29 is 4.79 Å². The van der Waals surface area contributed by atoms with E-state index >= 15 is 0 Å². The van der Waals surface area contributed by atoms with Gasteiger partial charge < -0.3 is 4.98 Å². The molecule has 1 aromatic heterocycles. The van der Waals surface area contributed by atoms with Gasteiger partial charge in [-0.15, -0.1) is 0 Å². The van der Waals surface area contributed by atoms with Crippen LogP contribution in [-0.2, 0) is 6.42 Å². The van der Waals surface area contributed by atoms with Crippen LogP contribution in [0.3, 0.4) is 0 Å². The fourth-order valence-electron chi connectivity index (χ4n) is 1.79. The largest absolute Gasteiger partial charge is 0.350 e. The second-order valence-electron chi connectivity index (χ2n) is 3.92. The Balaban J connectivity index is 2.25. The van der Waals surface area contributed by atoms with E-state index < -0.39 is 0 Å². The molecular formula is C13H14N2O. The molecule has 0 saturated carbocycles. The van der Waals surface area contributed by atoms with Crippen molar-refractivity contribution in [2.75, 3.05) is 0 Å². The lowest BCUT2D eigenvalue weighted by Gasteiger charge is -2.07. The maximum absolute atomic E-state index is 11.9. The second kappa shape index (κ2) is 4.31. The van der Waals surface area contributed by atoms with Crippen molar-refractivity contribution in [2.45, 2.75) is 20.3 Å². The standard InChI is InChI=1S/C13H14N2O/c1-9-4-3-5-10(2)11(9)6-13(16)12-7-14-8-15-12/h3-5,7-8H,6H2,1-2H3,(H,14,15). The Kier molecular flexibility index (Phi) is 2.86. The number of nitrogens with one attached hydrogen (secondary N) is 1. The van der Waals surface area contributed by atoms with Gasteiger partial charge in [0.1, 0.15) is 5.69 Å². The zero-order chi connectivity index (χ0) is 11.5. The molecule has 3 nitrogen and oxygen atoms in total. The summed E-state index contributed by atoms with van der Waals surface area (Å²) in [6.07, 6.45) is 3.58. The number of H-pyrrole nitrogens is 1. The van der Waals surface area contributed by atoms with Crippen molar-refractivity contribution in [2.24, 2.45) is 0 Å². The van der Waals surface area contributed by atoms with E-state index in [4.69, 9.17) is 0 Å². The number of ketones is 1. The number of Topliss-reactive ketones (excluding diaryl/α,β-unsaturated/α-hetero) is 1. The van der Waals surface area contributed by atoms with Crippen LogP contribution in [0, 0.1) is 13.8 Å². The zero-order valence-electron chi connectivity index (χ0n) is 9.45. The van der Waals surface area contributed by atoms with Crippen LogP contribution in [0.1, 0.15) is 27.2 Å². The Labute approximate surface area is 94.5 Å². The van der Waals surface area contributed by atoms with Crippen LogP contribution >= 0.6 is 0 Å². The van der Waals surface area contributed by atoms with Gasteiger partial charge in [0.05, 0.1) is 6.33 Å². The molecule has 16 heavy (non-hydrogen) atoms. The van der Waals surface area contributed by atoms with Gasteiger partial charge in [-0.3, -0.25) is 4.79 Å². The van der Waals surface area contributed by atoms with E-state index in [0.717, 1.165) is 16.7 Å². The average molecular weight is 214 g/mol. The van der Waals surface area contributed by atoms with E-state index in [-0.39, 0.29) is 5.78 Å². The SMILES string of the molecule is Cc1cccc(C)c1CC(=O)c1c[nH]cn1. The highest BCUT2D eigenvalue weighted by atomic mass is 16.1. The summed E-state index contributed by atoms with van der Waals surface area (Å²) in [7, 11) is 0. The molecule has 0 radical (unpaired) electrons. The predicted molar refractivity (Wildman–Crippen MR) is 62.5 cm³/mol. The first-order valence-corrected chi connectivity index (χ1v) is 5.25. The lowest BCUT2D eigenvalue weighted by Crippen LogP contribution is -2.06. The van der Waals surface area contributed by atoms with Crippen LogP contribution in [0.4, 0.5) is 0 Å². The topological polar surface area (TPSA) is 45.8 Å². The Morgan fingerprint density at radius 1 is 1.31 bits per heavy atom. The number of hydrogen-bond acceptors (Lipinski definition) is 2. The van der Waals surface area contributed by atoms with Crippen molar-refractivity contribution in [3.05, 3.63) is 53.1 Å². The quantitative estimate of drug-likeness (QED) is 0.798. The predicted octanol–water partition coefficient (Wildman–Crippen LogP) is 2.45. The number of carbonyl (C=O) groups is 1. The van der Waals surface area contributed by atoms with Crippen LogP contribution in [0.25, 0.3) is 0 Å². The Hall–Kier alpha value is -1.90. The van der Waals surface area contributed by atoms with Crippen LogP contribution < -0.4 is 0 Å². The molecule has 2 rings (SSSR count). The number of nitrogens with zero attached hydrogens (tertiary/aromatic N) is 1. The lowest BCUT2D eigenvalue weighted by molar-refractivity contribution is 0.0988. The van der Waals surface area contributed by atoms with Crippen LogP contribution in [0.5, 0.6) is 0 Å². The van der Waals surface area contributed by atoms with Crippen LogP contribution in [-0.4, -0.2) is 15.8 Å². The fraction of sp³-hybridized carbons (Fsp3) is 0.231. The molecule has 0 spiro atoms. The summed E-state index contributed by atoms with van der Waals surface area (Å²) in [5.74, 6) is 0.0543. The van der Waals surface area contributed by atoms with Gasteiger partial charge in [0.2, 0.25) is 0 Å². The van der Waals surface area contributed by atoms with Crippen LogP contribution in [0.2, 0.25) is 0 Å². The molecule has 82 valence electrons. The molecule has 1 heterocycles. The first-order valence-electron chi connectivity index (χ1n) is 5.25. The van der Waals surface area contributed by atoms with E-state index in [1.165, 1.54) is 6.33 Å². The summed E-state index contributed by atoms with van der Waals surface area (Å²) in [5.41, 5.74) is 3.92. The van der Waals surface area contributed by atoms with Crippen molar-refractivity contribution in [3.8, 4) is 0 Å². The third kappa shape index (κ3) is 2.03. The van der Waals surface area contributed by atoms with Crippen LogP contribution in [0.15, 0.2) is 30.7 Å². The number of benzene rings is 1. The third-order valence-corrected chi connectivity index (χ3v) is 2.77. The normalized spacial score (nSPS) is 10.4. The molecule has 0 aliphatic heterocycles. The highest BCUT2D eigenvalue weighted by Crippen LogP contribution is 2.15. The molecule has 1 N–H and O–H groups in total. The molecule has 3 heteroatoms. The minimum Gasteiger partial charge on any atom is -0.350 e. The van der Waals surface area contributed by atoms with E-state index in [9.17, 15) is 4.79 Å². The minimum atomic E-state index is 0.0543. The molecule has 0 aliphatic carbocycles. The Morgan fingerprint density at radius 3 is 2.56 bits per heavy atom. The van der Waals surface area contributed by atoms with Gasteiger partial charge in [-0.25, -0.2) is 4.98 Å². The monoisotopic (exact) mass is 214 g/mol. The van der Waals surface area contributed by atoms with Crippen molar-refractivity contribution in [1.82, 2.24) is 9.97 Å². The maximum Gasteiger partial charge on any atom is 0.187 e. The molecule has 0 fully saturated rings. The summed E-state index contributed by atoms with van der Waals surface area (Å²) >= 11 is 0. The Morgan fingerprint density at radius 2 is 2.00 bits per heavy atom. The summed E-state index contributed by atoms with van der Waals surface area (Å²) in [6.45, 7) is 4.06. The number of aromatic amines is 1. The van der Waals surface area contributed by atoms with Gasteiger partial charge in [0.15, 0.2) is 5.78 Å². The van der Waals surface area contributed by atoms with Crippen molar-refractivity contribution >= 4 is 5.78 Å². The first kappa shape index (κ1) is 10.6. The van der Waals surface area contributed by atoms with Gasteiger partial charge in [0.25, 0.3) is 0 Å². The highest BCUT2D eigenvalue weighted by Gasteiger charge is 2.11. The second-order valence-corrected chi connectivity index (χ2v) is 3.92. The van der Waals surface area contributed by atoms with E-state index in [1.54, 1.807) is 6.20 Å². The van der Waals surface area contributed by atoms with Crippen molar-refractivity contribution in [3.63, 3.8) is 0 Å². The molecule has 0 saturated heterocycles. The number of aryl methyl sites for hydroxylation is 2. The molecule has 0 aliphatic rings. The zero-order valence-corrected chi connectivity index (χ0v) is 9.45. The third-order valence-electron chi connectivity index (χ3n) is 2.77. The smallest absolute Gasteiger partial charge is 0.187 e. The minimum absolute atomic E-state index is 0.0543. The number of hydrogen-bond donors (Lipinski definition) is 1. The van der Waals surface area contributed by atoms with Gasteiger partial charge in [0, 0.05) is 12.6 Å². The molecule has 0 bridgehead atoms. The maximum atomic E-state index is 11.9. The van der Waals surface area contributed by atoms with Crippen molar-refractivity contribution in [1.29, 1.82) is 0 Å².